The van der Waals surface area contributed by atoms with Crippen molar-refractivity contribution in [2.75, 3.05) is 0 Å². The van der Waals surface area contributed by atoms with Crippen LogP contribution in [0.5, 0.6) is 0 Å². The van der Waals surface area contributed by atoms with Crippen LogP contribution in [-0.4, -0.2) is 22.2 Å². The molecular weight excluding hydrogens is 195 g/mol. The van der Waals surface area contributed by atoms with E-state index in [1.165, 1.54) is 0 Å². The van der Waals surface area contributed by atoms with Crippen LogP contribution in [-0.2, 0) is 0 Å². The zero-order valence-corrected chi connectivity index (χ0v) is 8.38. The third-order valence-corrected chi connectivity index (χ3v) is 9.48. The van der Waals surface area contributed by atoms with Gasteiger partial charge in [-0.15, -0.1) is 0 Å². The molecule has 0 aromatic heterocycles. The first kappa shape index (κ1) is 7.76. The molecule has 1 N–H and O–H groups in total. The summed E-state index contributed by atoms with van der Waals surface area (Å²) in [5, 5.41) is 0. The van der Waals surface area contributed by atoms with Gasteiger partial charge in [-0.2, -0.15) is 0 Å². The first-order valence-electron chi connectivity index (χ1n) is 2.67. The van der Waals surface area contributed by atoms with Crippen LogP contribution in [0.4, 0.5) is 0 Å². The summed E-state index contributed by atoms with van der Waals surface area (Å²) in [6, 6.07) is 0. The molecule has 0 saturated carbocycles. The first-order chi connectivity index (χ1) is 2.94. The summed E-state index contributed by atoms with van der Waals surface area (Å²) in [7, 11) is 0. The third-order valence-electron chi connectivity index (χ3n) is 1.41. The monoisotopic (exact) mass is 210 g/mol. The Labute approximate surface area is 50.2 Å². The van der Waals surface area contributed by atoms with E-state index in [1.54, 1.807) is 0 Å². The molecule has 0 aliphatic rings. The number of rotatable bonds is 1. The fourth-order valence-electron chi connectivity index (χ4n) is 0. The Morgan fingerprint density at radius 3 is 1.43 bits per heavy atom. The van der Waals surface area contributed by atoms with Crippen molar-refractivity contribution in [1.82, 2.24) is 0 Å². The second-order valence-electron chi connectivity index (χ2n) is 2.81. The van der Waals surface area contributed by atoms with Crippen LogP contribution in [0.15, 0.2) is 0 Å². The molecule has 0 saturated heterocycles. The minimum atomic E-state index is -2.37. The van der Waals surface area contributed by atoms with E-state index in [-0.39, 0.29) is 0 Å². The summed E-state index contributed by atoms with van der Waals surface area (Å²) in [4.78, 5) is 4.05. The SMILES string of the molecule is C[CH](C)[Sn]([CH3])([CH3])[OH]. The average Bonchev–Trinajstić information content (AvgIpc) is 1.31. The van der Waals surface area contributed by atoms with Crippen molar-refractivity contribution < 1.29 is 3.44 Å². The summed E-state index contributed by atoms with van der Waals surface area (Å²) in [6.45, 7) is 4.19. The molecule has 7 heavy (non-hydrogen) atoms. The molecule has 0 unspecified atom stereocenters. The van der Waals surface area contributed by atoms with Crippen molar-refractivity contribution in [2.24, 2.45) is 0 Å². The Morgan fingerprint density at radius 1 is 1.29 bits per heavy atom. The average molecular weight is 209 g/mol. The predicted octanol–water partition coefficient (Wildman–Crippen LogP) is 1.59. The fraction of sp³-hybridized carbons (Fsp3) is 1.00. The molecule has 0 spiro atoms. The van der Waals surface area contributed by atoms with Crippen molar-refractivity contribution in [1.29, 1.82) is 0 Å². The Balaban J connectivity index is 3.54. The molecule has 0 rings (SSSR count). The van der Waals surface area contributed by atoms with Gasteiger partial charge in [-0.1, -0.05) is 0 Å². The van der Waals surface area contributed by atoms with Crippen LogP contribution in [0.1, 0.15) is 13.8 Å². The van der Waals surface area contributed by atoms with Gasteiger partial charge < -0.3 is 0 Å². The molecule has 1 nitrogen and oxygen atoms in total. The van der Waals surface area contributed by atoms with Gasteiger partial charge in [-0.3, -0.25) is 0 Å². The topological polar surface area (TPSA) is 20.2 Å². The molecule has 0 amide bonds. The van der Waals surface area contributed by atoms with E-state index in [9.17, 15) is 3.44 Å². The van der Waals surface area contributed by atoms with Gasteiger partial charge in [0.05, 0.1) is 0 Å². The van der Waals surface area contributed by atoms with Gasteiger partial charge in [-0.25, -0.2) is 0 Å². The Hall–Kier alpha value is 0.759. The second kappa shape index (κ2) is 2.35. The van der Waals surface area contributed by atoms with Gasteiger partial charge in [0.1, 0.15) is 0 Å². The summed E-state index contributed by atoms with van der Waals surface area (Å²) < 4.78 is 9.87. The maximum absolute atomic E-state index is 9.30. The van der Waals surface area contributed by atoms with Crippen molar-refractivity contribution in [3.63, 3.8) is 0 Å². The Kier molecular flexibility index (Phi) is 2.61. The van der Waals surface area contributed by atoms with Crippen molar-refractivity contribution in [3.8, 4) is 0 Å². The fourth-order valence-corrected chi connectivity index (χ4v) is 0. The van der Waals surface area contributed by atoms with Gasteiger partial charge in [0.15, 0.2) is 0 Å². The summed E-state index contributed by atoms with van der Waals surface area (Å²) in [6.07, 6.45) is 0. The van der Waals surface area contributed by atoms with Gasteiger partial charge >= 0.3 is 49.9 Å². The molecule has 0 aromatic rings. The first-order valence-corrected chi connectivity index (χ1v) is 11.3. The molecule has 0 atom stereocenters. The minimum absolute atomic E-state index is 0.564. The van der Waals surface area contributed by atoms with Crippen molar-refractivity contribution in [2.45, 2.75) is 27.7 Å². The predicted molar refractivity (Wildman–Crippen MR) is 34.8 cm³/mol. The molecule has 0 radical (unpaired) electrons. The van der Waals surface area contributed by atoms with Gasteiger partial charge in [0.2, 0.25) is 0 Å². The van der Waals surface area contributed by atoms with Gasteiger partial charge in [-0.05, 0) is 0 Å². The molecular formula is C5H14OSn. The second-order valence-corrected chi connectivity index (χ2v) is 15.5. The summed E-state index contributed by atoms with van der Waals surface area (Å²) in [5.74, 6) is 0. The van der Waals surface area contributed by atoms with Gasteiger partial charge in [0.25, 0.3) is 0 Å². The van der Waals surface area contributed by atoms with Crippen LogP contribution in [0, 0.1) is 0 Å². The molecule has 44 valence electrons. The van der Waals surface area contributed by atoms with Crippen LogP contribution in [0.25, 0.3) is 0 Å². The van der Waals surface area contributed by atoms with Crippen LogP contribution >= 0.6 is 0 Å². The molecule has 0 fully saturated rings. The molecule has 0 aromatic carbocycles. The molecule has 0 aliphatic heterocycles. The van der Waals surface area contributed by atoms with E-state index >= 15 is 0 Å². The van der Waals surface area contributed by atoms with Crippen LogP contribution < -0.4 is 0 Å². The summed E-state index contributed by atoms with van der Waals surface area (Å²) >= 11 is -2.37. The van der Waals surface area contributed by atoms with E-state index in [4.69, 9.17) is 0 Å². The van der Waals surface area contributed by atoms with Crippen LogP contribution in [0.2, 0.25) is 13.8 Å². The van der Waals surface area contributed by atoms with Crippen molar-refractivity contribution in [3.05, 3.63) is 0 Å². The summed E-state index contributed by atoms with van der Waals surface area (Å²) in [5.41, 5.74) is 0. The molecule has 0 aliphatic carbocycles. The third kappa shape index (κ3) is 3.35. The van der Waals surface area contributed by atoms with E-state index in [0.29, 0.717) is 3.93 Å². The van der Waals surface area contributed by atoms with Gasteiger partial charge in [0, 0.05) is 0 Å². The number of hydrogen-bond donors (Lipinski definition) is 1. The van der Waals surface area contributed by atoms with E-state index < -0.39 is 18.8 Å². The zero-order chi connectivity index (χ0) is 6.08. The van der Waals surface area contributed by atoms with Crippen molar-refractivity contribution >= 4 is 18.8 Å². The molecule has 0 bridgehead atoms. The normalized spacial score (nSPS) is 12.9. The van der Waals surface area contributed by atoms with E-state index in [0.717, 1.165) is 0 Å². The molecule has 0 heterocycles. The van der Waals surface area contributed by atoms with E-state index in [2.05, 4.69) is 13.8 Å². The van der Waals surface area contributed by atoms with Crippen LogP contribution in [0.3, 0.4) is 0 Å². The Bertz CT molecular complexity index is 53.6. The zero-order valence-electron chi connectivity index (χ0n) is 5.52. The van der Waals surface area contributed by atoms with E-state index in [1.807, 2.05) is 9.88 Å². The quantitative estimate of drug-likeness (QED) is 0.650. The standard InChI is InChI=1S/C3H7.2CH3.H2O.Sn/c1-3-2;;;;/h3H,1-2H3;2*1H3;1H2;/q;;;;+1/p-1. The Morgan fingerprint density at radius 2 is 1.43 bits per heavy atom. The number of hydrogen-bond acceptors (Lipinski definition) is 1. The maximum atomic E-state index is 9.30. The molecule has 2 heteroatoms.